The van der Waals surface area contributed by atoms with Gasteiger partial charge < -0.3 is 10.4 Å². The lowest BCUT2D eigenvalue weighted by Gasteiger charge is -2.27. The first-order valence-electron chi connectivity index (χ1n) is 6.99. The van der Waals surface area contributed by atoms with Crippen LogP contribution < -0.4 is 10.9 Å². The zero-order valence-corrected chi connectivity index (χ0v) is 12.1. The van der Waals surface area contributed by atoms with Gasteiger partial charge in [0, 0.05) is 6.04 Å². The molecule has 21 heavy (non-hydrogen) atoms. The SMILES string of the molecule is Cc1n[nH]c(=O)c(C(=O)NC2CCCC(C(=O)O)C2)c1C. The fourth-order valence-electron chi connectivity index (χ4n) is 2.70. The average molecular weight is 293 g/mol. The zero-order valence-electron chi connectivity index (χ0n) is 12.1. The molecule has 2 atom stereocenters. The van der Waals surface area contributed by atoms with Gasteiger partial charge in [-0.25, -0.2) is 5.10 Å². The third-order valence-corrected chi connectivity index (χ3v) is 4.06. The van der Waals surface area contributed by atoms with Gasteiger partial charge in [0.05, 0.1) is 11.6 Å². The summed E-state index contributed by atoms with van der Waals surface area (Å²) in [5.74, 6) is -1.72. The molecule has 1 fully saturated rings. The molecule has 0 saturated heterocycles. The molecule has 1 amide bonds. The fraction of sp³-hybridized carbons (Fsp3) is 0.571. The van der Waals surface area contributed by atoms with Crippen LogP contribution in [-0.2, 0) is 4.79 Å². The van der Waals surface area contributed by atoms with E-state index in [0.29, 0.717) is 24.1 Å². The van der Waals surface area contributed by atoms with Gasteiger partial charge >= 0.3 is 5.97 Å². The maximum Gasteiger partial charge on any atom is 0.306 e. The van der Waals surface area contributed by atoms with Crippen LogP contribution in [0.15, 0.2) is 4.79 Å². The van der Waals surface area contributed by atoms with Crippen molar-refractivity contribution in [2.75, 3.05) is 0 Å². The molecule has 0 aliphatic heterocycles. The van der Waals surface area contributed by atoms with Crippen LogP contribution in [-0.4, -0.2) is 33.2 Å². The van der Waals surface area contributed by atoms with E-state index < -0.39 is 23.4 Å². The Hall–Kier alpha value is -2.18. The van der Waals surface area contributed by atoms with Crippen LogP contribution in [0.5, 0.6) is 0 Å². The first kappa shape index (κ1) is 15.2. The van der Waals surface area contributed by atoms with Gasteiger partial charge in [-0.3, -0.25) is 14.4 Å². The first-order chi connectivity index (χ1) is 9.90. The quantitative estimate of drug-likeness (QED) is 0.761. The predicted octanol–water partition coefficient (Wildman–Crippen LogP) is 0.760. The van der Waals surface area contributed by atoms with Gasteiger partial charge in [-0.2, -0.15) is 5.10 Å². The van der Waals surface area contributed by atoms with Gasteiger partial charge in [0.2, 0.25) is 0 Å². The van der Waals surface area contributed by atoms with Crippen LogP contribution in [0.4, 0.5) is 0 Å². The van der Waals surface area contributed by atoms with Crippen molar-refractivity contribution in [2.45, 2.75) is 45.6 Å². The number of hydrogen-bond donors (Lipinski definition) is 3. The van der Waals surface area contributed by atoms with Gasteiger partial charge in [0.1, 0.15) is 5.56 Å². The lowest BCUT2D eigenvalue weighted by molar-refractivity contribution is -0.143. The topological polar surface area (TPSA) is 112 Å². The van der Waals surface area contributed by atoms with Crippen molar-refractivity contribution in [1.29, 1.82) is 0 Å². The number of nitrogens with zero attached hydrogens (tertiary/aromatic N) is 1. The Balaban J connectivity index is 2.14. The Kier molecular flexibility index (Phi) is 4.40. The molecule has 114 valence electrons. The molecule has 1 aromatic rings. The molecule has 0 aromatic carbocycles. The molecule has 1 aromatic heterocycles. The van der Waals surface area contributed by atoms with Crippen molar-refractivity contribution in [3.05, 3.63) is 27.2 Å². The monoisotopic (exact) mass is 293 g/mol. The predicted molar refractivity (Wildman–Crippen MR) is 75.2 cm³/mol. The molecule has 1 aliphatic carbocycles. The lowest BCUT2D eigenvalue weighted by Crippen LogP contribution is -2.42. The van der Waals surface area contributed by atoms with Gasteiger partial charge in [-0.1, -0.05) is 6.42 Å². The van der Waals surface area contributed by atoms with Crippen LogP contribution in [0.25, 0.3) is 0 Å². The number of carbonyl (C=O) groups excluding carboxylic acids is 1. The van der Waals surface area contributed by atoms with Crippen molar-refractivity contribution < 1.29 is 14.7 Å². The van der Waals surface area contributed by atoms with E-state index in [1.165, 1.54) is 0 Å². The Morgan fingerprint density at radius 3 is 2.71 bits per heavy atom. The standard InChI is InChI=1S/C14H19N3O4/c1-7-8(2)16-17-13(19)11(7)12(18)15-10-5-3-4-9(6-10)14(20)21/h9-10H,3-6H2,1-2H3,(H,15,18)(H,17,19)(H,20,21). The van der Waals surface area contributed by atoms with E-state index in [-0.39, 0.29) is 11.6 Å². The summed E-state index contributed by atoms with van der Waals surface area (Å²) in [5.41, 5.74) is 0.662. The molecule has 7 heteroatoms. The van der Waals surface area contributed by atoms with Crippen LogP contribution >= 0.6 is 0 Å². The summed E-state index contributed by atoms with van der Waals surface area (Å²) in [6.45, 7) is 3.39. The van der Waals surface area contributed by atoms with E-state index in [1.54, 1.807) is 13.8 Å². The van der Waals surface area contributed by atoms with Gasteiger partial charge in [-0.15, -0.1) is 0 Å². The molecule has 1 heterocycles. The van der Waals surface area contributed by atoms with E-state index in [9.17, 15) is 14.4 Å². The lowest BCUT2D eigenvalue weighted by atomic mass is 9.85. The number of aliphatic carboxylic acids is 1. The minimum Gasteiger partial charge on any atom is -0.481 e. The maximum absolute atomic E-state index is 12.3. The Morgan fingerprint density at radius 2 is 2.05 bits per heavy atom. The number of H-pyrrole nitrogens is 1. The third-order valence-electron chi connectivity index (χ3n) is 4.06. The number of carboxylic acid groups (broad SMARTS) is 1. The molecule has 7 nitrogen and oxygen atoms in total. The summed E-state index contributed by atoms with van der Waals surface area (Å²) in [5, 5.41) is 17.9. The number of aryl methyl sites for hydroxylation is 1. The molecule has 1 aliphatic rings. The number of carboxylic acids is 1. The van der Waals surface area contributed by atoms with Crippen LogP contribution in [0.3, 0.4) is 0 Å². The summed E-state index contributed by atoms with van der Waals surface area (Å²) in [6, 6.07) is -0.209. The molecular formula is C14H19N3O4. The Labute approximate surface area is 121 Å². The van der Waals surface area contributed by atoms with Crippen LogP contribution in [0.2, 0.25) is 0 Å². The molecule has 0 spiro atoms. The first-order valence-corrected chi connectivity index (χ1v) is 6.99. The highest BCUT2D eigenvalue weighted by molar-refractivity contribution is 5.95. The number of aromatic amines is 1. The largest absolute Gasteiger partial charge is 0.481 e. The molecule has 0 radical (unpaired) electrons. The number of rotatable bonds is 3. The second kappa shape index (κ2) is 6.07. The highest BCUT2D eigenvalue weighted by Crippen LogP contribution is 2.24. The number of amides is 1. The van der Waals surface area contributed by atoms with Crippen molar-refractivity contribution in [1.82, 2.24) is 15.5 Å². The van der Waals surface area contributed by atoms with Gasteiger partial charge in [0.25, 0.3) is 11.5 Å². The number of nitrogens with one attached hydrogen (secondary N) is 2. The minimum atomic E-state index is -0.831. The van der Waals surface area contributed by atoms with Crippen molar-refractivity contribution >= 4 is 11.9 Å². The summed E-state index contributed by atoms with van der Waals surface area (Å²) >= 11 is 0. The third kappa shape index (κ3) is 3.29. The summed E-state index contributed by atoms with van der Waals surface area (Å²) in [6.07, 6.45) is 2.53. The summed E-state index contributed by atoms with van der Waals surface area (Å²) in [7, 11) is 0. The fourth-order valence-corrected chi connectivity index (χ4v) is 2.70. The van der Waals surface area contributed by atoms with E-state index >= 15 is 0 Å². The number of carbonyl (C=O) groups is 2. The molecule has 2 unspecified atom stereocenters. The van der Waals surface area contributed by atoms with Crippen molar-refractivity contribution in [2.24, 2.45) is 5.92 Å². The minimum absolute atomic E-state index is 0.0555. The number of aromatic nitrogens is 2. The van der Waals surface area contributed by atoms with E-state index in [4.69, 9.17) is 5.11 Å². The second-order valence-corrected chi connectivity index (χ2v) is 5.51. The van der Waals surface area contributed by atoms with Gasteiger partial charge in [-0.05, 0) is 38.7 Å². The van der Waals surface area contributed by atoms with Crippen molar-refractivity contribution in [3.8, 4) is 0 Å². The second-order valence-electron chi connectivity index (χ2n) is 5.51. The summed E-state index contributed by atoms with van der Waals surface area (Å²) in [4.78, 5) is 35.1. The normalized spacial score (nSPS) is 21.8. The van der Waals surface area contributed by atoms with E-state index in [2.05, 4.69) is 15.5 Å². The number of hydrogen-bond acceptors (Lipinski definition) is 4. The smallest absolute Gasteiger partial charge is 0.306 e. The van der Waals surface area contributed by atoms with Crippen molar-refractivity contribution in [3.63, 3.8) is 0 Å². The molecule has 0 bridgehead atoms. The molecular weight excluding hydrogens is 274 g/mol. The molecule has 3 N–H and O–H groups in total. The molecule has 2 rings (SSSR count). The van der Waals surface area contributed by atoms with E-state index in [1.807, 2.05) is 0 Å². The summed E-state index contributed by atoms with van der Waals surface area (Å²) < 4.78 is 0. The van der Waals surface area contributed by atoms with E-state index in [0.717, 1.165) is 12.8 Å². The zero-order chi connectivity index (χ0) is 15.6. The highest BCUT2D eigenvalue weighted by atomic mass is 16.4. The Bertz CT molecular complexity index is 623. The van der Waals surface area contributed by atoms with Crippen LogP contribution in [0, 0.1) is 19.8 Å². The van der Waals surface area contributed by atoms with Crippen LogP contribution in [0.1, 0.15) is 47.3 Å². The van der Waals surface area contributed by atoms with Gasteiger partial charge in [0.15, 0.2) is 0 Å². The Morgan fingerprint density at radius 1 is 1.33 bits per heavy atom. The highest BCUT2D eigenvalue weighted by Gasteiger charge is 2.29. The average Bonchev–Trinajstić information content (AvgIpc) is 2.43. The molecule has 1 saturated carbocycles. The maximum atomic E-state index is 12.3.